The van der Waals surface area contributed by atoms with Gasteiger partial charge in [0.25, 0.3) is 11.8 Å². The van der Waals surface area contributed by atoms with Gasteiger partial charge >= 0.3 is 5.97 Å². The van der Waals surface area contributed by atoms with Crippen molar-refractivity contribution >= 4 is 84.9 Å². The van der Waals surface area contributed by atoms with Crippen LogP contribution in [0.2, 0.25) is 0 Å². The van der Waals surface area contributed by atoms with E-state index in [2.05, 4.69) is 15.5 Å². The lowest BCUT2D eigenvalue weighted by Gasteiger charge is -2.49. The van der Waals surface area contributed by atoms with Gasteiger partial charge in [-0.25, -0.2) is 14.2 Å². The van der Waals surface area contributed by atoms with Crippen LogP contribution < -0.4 is 16.5 Å². The van der Waals surface area contributed by atoms with Crippen LogP contribution in [0.3, 0.4) is 0 Å². The number of hydrogen-bond acceptors (Lipinski definition) is 12. The Hall–Kier alpha value is -3.73. The van der Waals surface area contributed by atoms with Crippen molar-refractivity contribution in [3.05, 3.63) is 74.1 Å². The molecule has 2 aliphatic heterocycles. The van der Waals surface area contributed by atoms with Gasteiger partial charge < -0.3 is 21.4 Å². The Kier molecular flexibility index (Phi) is 7.44. The number of aromatic nitrogens is 1. The number of amides is 2. The molecule has 16 heteroatoms. The molecule has 11 nitrogen and oxygen atoms in total. The molecule has 4 heterocycles. The third kappa shape index (κ3) is 5.15. The number of fused-ring (bicyclic) bond motifs is 2. The maximum Gasteiger partial charge on any atom is 0.352 e. The molecular weight excluding hydrogens is 590 g/mol. The SMILES string of the molecule is Nc1nc(/C(=N\O)C(=O)NC2C(=O)N3C(C(=O)O)=C(/C=C/Sc4cc(=O)c5ccc(F)cc5s4)CS[C@H]23)cs1. The highest BCUT2D eigenvalue weighted by atomic mass is 32.2. The highest BCUT2D eigenvalue weighted by molar-refractivity contribution is 8.04. The van der Waals surface area contributed by atoms with Crippen LogP contribution in [0.4, 0.5) is 9.52 Å². The lowest BCUT2D eigenvalue weighted by atomic mass is 10.0. The number of carboxylic acids is 1. The number of β-lactam (4-membered cyclic amide) rings is 1. The van der Waals surface area contributed by atoms with Gasteiger partial charge in [-0.05, 0) is 35.3 Å². The first-order valence-corrected chi connectivity index (χ1v) is 14.5. The number of halogens is 1. The summed E-state index contributed by atoms with van der Waals surface area (Å²) in [4.78, 5) is 55.0. The second-order valence-corrected chi connectivity index (χ2v) is 12.3. The number of benzene rings is 1. The maximum atomic E-state index is 13.6. The maximum absolute atomic E-state index is 13.6. The zero-order valence-electron chi connectivity index (χ0n) is 19.4. The number of carbonyl (C=O) groups excluding carboxylic acids is 2. The molecule has 5 N–H and O–H groups in total. The van der Waals surface area contributed by atoms with Crippen molar-refractivity contribution in [3.8, 4) is 0 Å². The number of nitrogens with two attached hydrogens (primary N) is 1. The minimum atomic E-state index is -1.32. The number of aliphatic carboxylic acids is 1. The number of oxime groups is 1. The van der Waals surface area contributed by atoms with E-state index >= 15 is 0 Å². The summed E-state index contributed by atoms with van der Waals surface area (Å²) < 4.78 is 14.7. The Morgan fingerprint density at radius 3 is 2.79 bits per heavy atom. The summed E-state index contributed by atoms with van der Waals surface area (Å²) in [7, 11) is 0. The van der Waals surface area contributed by atoms with E-state index in [0.717, 1.165) is 16.2 Å². The Labute approximate surface area is 234 Å². The summed E-state index contributed by atoms with van der Waals surface area (Å²) in [6, 6.07) is 4.32. The average molecular weight is 606 g/mol. The topological polar surface area (TPSA) is 175 Å². The molecule has 1 unspecified atom stereocenters. The van der Waals surface area contributed by atoms with E-state index in [4.69, 9.17) is 5.73 Å². The van der Waals surface area contributed by atoms with E-state index in [0.29, 0.717) is 19.9 Å². The van der Waals surface area contributed by atoms with Gasteiger partial charge in [0.2, 0.25) is 0 Å². The third-order valence-corrected chi connectivity index (χ3v) is 9.70. The standard InChI is InChI=1S/C23H16FN5O6S4/c24-10-1-2-11-13(30)6-15(39-14(11)5-10)36-4-3-9-7-37-21-17(20(32)29(21)18(9)22(33)34)27-19(31)16(28-35)12-8-38-23(25)26-12/h1-6,8,17,21,35H,7H2,(H2,25,26)(H,27,31)(H,33,34)/b4-3+,28-16+/t17?,21-/m1/s1. The number of anilines is 1. The molecule has 39 heavy (non-hydrogen) atoms. The van der Waals surface area contributed by atoms with Gasteiger partial charge in [0.05, 0.1) is 4.21 Å². The summed E-state index contributed by atoms with van der Waals surface area (Å²) in [6.45, 7) is 0. The Morgan fingerprint density at radius 2 is 2.10 bits per heavy atom. The predicted octanol–water partition coefficient (Wildman–Crippen LogP) is 2.66. The van der Waals surface area contributed by atoms with E-state index in [1.165, 1.54) is 64.5 Å². The summed E-state index contributed by atoms with van der Waals surface area (Å²) >= 11 is 4.68. The summed E-state index contributed by atoms with van der Waals surface area (Å²) in [5.74, 6) is -3.05. The minimum Gasteiger partial charge on any atom is -0.477 e. The molecule has 1 aromatic carbocycles. The molecule has 2 amide bonds. The van der Waals surface area contributed by atoms with E-state index in [-0.39, 0.29) is 27.7 Å². The van der Waals surface area contributed by atoms with Gasteiger partial charge in [0.15, 0.2) is 16.3 Å². The van der Waals surface area contributed by atoms with Crippen molar-refractivity contribution in [1.29, 1.82) is 0 Å². The third-order valence-electron chi connectivity index (χ3n) is 5.69. The van der Waals surface area contributed by atoms with Gasteiger partial charge in [-0.1, -0.05) is 16.9 Å². The number of hydrogen-bond donors (Lipinski definition) is 4. The van der Waals surface area contributed by atoms with Crippen LogP contribution >= 0.6 is 46.2 Å². The lowest BCUT2D eigenvalue weighted by molar-refractivity contribution is -0.150. The molecule has 1 saturated heterocycles. The van der Waals surface area contributed by atoms with Crippen LogP contribution in [-0.4, -0.2) is 60.9 Å². The van der Waals surface area contributed by atoms with Crippen molar-refractivity contribution in [2.75, 3.05) is 11.5 Å². The van der Waals surface area contributed by atoms with E-state index < -0.39 is 40.7 Å². The highest BCUT2D eigenvalue weighted by Crippen LogP contribution is 2.41. The number of rotatable bonds is 7. The highest BCUT2D eigenvalue weighted by Gasteiger charge is 2.54. The molecule has 0 radical (unpaired) electrons. The molecule has 1 fully saturated rings. The number of nitrogens with zero attached hydrogens (tertiary/aromatic N) is 3. The van der Waals surface area contributed by atoms with Gasteiger partial charge in [0, 0.05) is 27.3 Å². The zero-order valence-corrected chi connectivity index (χ0v) is 22.6. The second kappa shape index (κ2) is 10.8. The van der Waals surface area contributed by atoms with E-state index in [9.17, 15) is 33.9 Å². The van der Waals surface area contributed by atoms with E-state index in [1.807, 2.05) is 0 Å². The smallest absolute Gasteiger partial charge is 0.352 e. The minimum absolute atomic E-state index is 0.0371. The van der Waals surface area contributed by atoms with Gasteiger partial charge in [-0.15, -0.1) is 34.4 Å². The van der Waals surface area contributed by atoms with Gasteiger partial charge in [-0.3, -0.25) is 19.3 Å². The Morgan fingerprint density at radius 1 is 1.31 bits per heavy atom. The fourth-order valence-electron chi connectivity index (χ4n) is 3.94. The molecule has 0 spiro atoms. The molecule has 0 saturated carbocycles. The quantitative estimate of drug-likeness (QED) is 0.103. The van der Waals surface area contributed by atoms with Crippen molar-refractivity contribution < 1.29 is 29.1 Å². The number of carbonyl (C=O) groups is 3. The van der Waals surface area contributed by atoms with Gasteiger partial charge in [-0.2, -0.15) is 0 Å². The van der Waals surface area contributed by atoms with Crippen molar-refractivity contribution in [3.63, 3.8) is 0 Å². The molecule has 0 bridgehead atoms. The van der Waals surface area contributed by atoms with Gasteiger partial charge in [0.1, 0.15) is 28.6 Å². The number of nitrogen functional groups attached to an aromatic ring is 1. The molecule has 2 atom stereocenters. The normalized spacial score (nSPS) is 19.4. The molecule has 0 aliphatic carbocycles. The number of thioether (sulfide) groups is 2. The number of allylic oxidation sites excluding steroid dienone is 1. The molecular formula is C23H16FN5O6S4. The Balaban J connectivity index is 1.32. The molecule has 2 aromatic heterocycles. The zero-order chi connectivity index (χ0) is 27.8. The number of carboxylic acid groups (broad SMARTS) is 1. The monoisotopic (exact) mass is 605 g/mol. The largest absolute Gasteiger partial charge is 0.477 e. The van der Waals surface area contributed by atoms with Crippen molar-refractivity contribution in [2.24, 2.45) is 5.16 Å². The predicted molar refractivity (Wildman–Crippen MR) is 148 cm³/mol. The summed E-state index contributed by atoms with van der Waals surface area (Å²) in [6.07, 6.45) is 1.55. The average Bonchev–Trinajstić information content (AvgIpc) is 3.32. The second-order valence-electron chi connectivity index (χ2n) is 8.05. The van der Waals surface area contributed by atoms with E-state index in [1.54, 1.807) is 11.5 Å². The lowest BCUT2D eigenvalue weighted by Crippen LogP contribution is -2.71. The van der Waals surface area contributed by atoms with Crippen molar-refractivity contribution in [1.82, 2.24) is 15.2 Å². The van der Waals surface area contributed by atoms with Crippen LogP contribution in [0.5, 0.6) is 0 Å². The molecule has 200 valence electrons. The number of nitrogens with one attached hydrogen (secondary N) is 1. The first-order chi connectivity index (χ1) is 18.7. The fourth-order valence-corrected chi connectivity index (χ4v) is 7.81. The fraction of sp³-hybridized carbons (Fsp3) is 0.130. The Bertz CT molecular complexity index is 1680. The van der Waals surface area contributed by atoms with Crippen molar-refractivity contribution in [2.45, 2.75) is 15.6 Å². The van der Waals surface area contributed by atoms with Crippen LogP contribution in [0.25, 0.3) is 10.1 Å². The first kappa shape index (κ1) is 26.9. The van der Waals surface area contributed by atoms with Crippen LogP contribution in [0, 0.1) is 5.82 Å². The summed E-state index contributed by atoms with van der Waals surface area (Å²) in [5, 5.41) is 27.5. The van der Waals surface area contributed by atoms with Crippen LogP contribution in [0.15, 0.2) is 66.6 Å². The first-order valence-electron chi connectivity index (χ1n) is 10.9. The summed E-state index contributed by atoms with van der Waals surface area (Å²) in [5.41, 5.74) is 5.06. The number of thiazole rings is 1. The molecule has 2 aliphatic rings. The van der Waals surface area contributed by atoms with Crippen LogP contribution in [-0.2, 0) is 14.4 Å². The molecule has 5 rings (SSSR count). The van der Waals surface area contributed by atoms with Crippen LogP contribution in [0.1, 0.15) is 5.69 Å². The molecule has 3 aromatic rings.